The number of hydrogen-bond donors (Lipinski definition) is 1. The third kappa shape index (κ3) is 4.87. The van der Waals surface area contributed by atoms with Crippen molar-refractivity contribution in [1.29, 1.82) is 0 Å². The molecule has 0 bridgehead atoms. The minimum absolute atomic E-state index is 0.214. The third-order valence-electron chi connectivity index (χ3n) is 2.85. The molecule has 2 aromatic rings. The van der Waals surface area contributed by atoms with Crippen molar-refractivity contribution in [2.24, 2.45) is 0 Å². The zero-order valence-corrected chi connectivity index (χ0v) is 13.6. The number of methoxy groups -OCH3 is 1. The van der Waals surface area contributed by atoms with Gasteiger partial charge in [0.05, 0.1) is 17.7 Å². The molecule has 0 heterocycles. The van der Waals surface area contributed by atoms with E-state index in [0.717, 1.165) is 0 Å². The lowest BCUT2D eigenvalue weighted by Gasteiger charge is -2.09. The Morgan fingerprint density at radius 2 is 1.91 bits per heavy atom. The van der Waals surface area contributed by atoms with Crippen molar-refractivity contribution in [2.45, 2.75) is 0 Å². The summed E-state index contributed by atoms with van der Waals surface area (Å²) >= 11 is 11.9. The van der Waals surface area contributed by atoms with Gasteiger partial charge in [-0.25, -0.2) is 4.79 Å². The van der Waals surface area contributed by atoms with Crippen molar-refractivity contribution in [1.82, 2.24) is 0 Å². The summed E-state index contributed by atoms with van der Waals surface area (Å²) in [5, 5.41) is 3.40. The van der Waals surface area contributed by atoms with Crippen LogP contribution in [0.1, 0.15) is 10.4 Å². The third-order valence-corrected chi connectivity index (χ3v) is 3.41. The predicted molar refractivity (Wildman–Crippen MR) is 88.4 cm³/mol. The lowest BCUT2D eigenvalue weighted by molar-refractivity contribution is -0.142. The molecule has 1 N–H and O–H groups in total. The topological polar surface area (TPSA) is 64.6 Å². The normalized spacial score (nSPS) is 10.0. The number of nitrogens with one attached hydrogen (secondary N) is 1. The van der Waals surface area contributed by atoms with Crippen LogP contribution in [0.3, 0.4) is 0 Å². The Morgan fingerprint density at radius 1 is 1.13 bits per heavy atom. The van der Waals surface area contributed by atoms with E-state index in [1.165, 1.54) is 13.2 Å². The fraction of sp³-hybridized carbons (Fsp3) is 0.125. The van der Waals surface area contributed by atoms with Gasteiger partial charge in [-0.3, -0.25) is 4.79 Å². The molecule has 7 heteroatoms. The number of benzene rings is 2. The van der Waals surface area contributed by atoms with Gasteiger partial charge < -0.3 is 14.8 Å². The fourth-order valence-corrected chi connectivity index (χ4v) is 2.11. The molecule has 0 aromatic heterocycles. The van der Waals surface area contributed by atoms with Crippen molar-refractivity contribution >= 4 is 40.8 Å². The van der Waals surface area contributed by atoms with Gasteiger partial charge in [-0.1, -0.05) is 29.3 Å². The molecule has 2 aromatic carbocycles. The number of anilines is 1. The highest BCUT2D eigenvalue weighted by Gasteiger charge is 2.12. The maximum absolute atomic E-state index is 12.2. The molecule has 0 fully saturated rings. The lowest BCUT2D eigenvalue weighted by Crippen LogP contribution is -2.14. The second-order valence-electron chi connectivity index (χ2n) is 4.47. The van der Waals surface area contributed by atoms with E-state index in [1.54, 1.807) is 36.4 Å². The summed E-state index contributed by atoms with van der Waals surface area (Å²) in [5.74, 6) is -0.474. The van der Waals surface area contributed by atoms with E-state index in [2.05, 4.69) is 10.1 Å². The number of carbonyl (C=O) groups is 2. The maximum atomic E-state index is 12.2. The van der Waals surface area contributed by atoms with Crippen molar-refractivity contribution in [2.75, 3.05) is 19.0 Å². The van der Waals surface area contributed by atoms with E-state index in [1.807, 2.05) is 0 Å². The first kappa shape index (κ1) is 17.1. The number of hydrogen-bond acceptors (Lipinski definition) is 4. The number of amides is 1. The van der Waals surface area contributed by atoms with Crippen molar-refractivity contribution < 1.29 is 19.1 Å². The molecule has 0 radical (unpaired) electrons. The van der Waals surface area contributed by atoms with Crippen LogP contribution in [0.25, 0.3) is 0 Å². The van der Waals surface area contributed by atoms with E-state index < -0.39 is 11.9 Å². The predicted octanol–water partition coefficient (Wildman–Crippen LogP) is 3.80. The minimum atomic E-state index is -0.495. The second-order valence-corrected chi connectivity index (χ2v) is 5.31. The SMILES string of the molecule is COC(=O)COc1cccc(NC(=O)c2cc(Cl)ccc2Cl)c1. The van der Waals surface area contributed by atoms with Crippen LogP contribution in [0, 0.1) is 0 Å². The number of carbonyl (C=O) groups excluding carboxylic acids is 2. The van der Waals surface area contributed by atoms with Crippen LogP contribution in [-0.2, 0) is 9.53 Å². The summed E-state index contributed by atoms with van der Waals surface area (Å²) in [6, 6.07) is 11.2. The van der Waals surface area contributed by atoms with Crippen molar-refractivity contribution in [3.63, 3.8) is 0 Å². The Morgan fingerprint density at radius 3 is 2.65 bits per heavy atom. The van der Waals surface area contributed by atoms with Crippen molar-refractivity contribution in [3.05, 3.63) is 58.1 Å². The van der Waals surface area contributed by atoms with Gasteiger partial charge in [0.25, 0.3) is 5.91 Å². The molecule has 0 aliphatic heterocycles. The average Bonchev–Trinajstić information content (AvgIpc) is 2.55. The van der Waals surface area contributed by atoms with Crippen molar-refractivity contribution in [3.8, 4) is 5.75 Å². The summed E-state index contributed by atoms with van der Waals surface area (Å²) in [6.45, 7) is -0.214. The monoisotopic (exact) mass is 353 g/mol. The number of halogens is 2. The highest BCUT2D eigenvalue weighted by Crippen LogP contribution is 2.23. The molecule has 23 heavy (non-hydrogen) atoms. The Kier molecular flexibility index (Phi) is 5.84. The standard InChI is InChI=1S/C16H13Cl2NO4/c1-22-15(20)9-23-12-4-2-3-11(8-12)19-16(21)13-7-10(17)5-6-14(13)18/h2-8H,9H2,1H3,(H,19,21). The lowest BCUT2D eigenvalue weighted by atomic mass is 10.2. The molecular weight excluding hydrogens is 341 g/mol. The molecule has 5 nitrogen and oxygen atoms in total. The molecule has 0 saturated carbocycles. The molecule has 0 atom stereocenters. The first-order valence-corrected chi connectivity index (χ1v) is 7.31. The van der Waals surface area contributed by atoms with E-state index in [0.29, 0.717) is 21.5 Å². The first-order valence-electron chi connectivity index (χ1n) is 6.55. The second kappa shape index (κ2) is 7.85. The fourth-order valence-electron chi connectivity index (χ4n) is 1.73. The minimum Gasteiger partial charge on any atom is -0.482 e. The Bertz CT molecular complexity index is 734. The molecular formula is C16H13Cl2NO4. The van der Waals surface area contributed by atoms with E-state index in [4.69, 9.17) is 27.9 Å². The largest absolute Gasteiger partial charge is 0.482 e. The van der Waals surface area contributed by atoms with E-state index in [9.17, 15) is 9.59 Å². The van der Waals surface area contributed by atoms with Gasteiger partial charge in [0.15, 0.2) is 6.61 Å². The summed E-state index contributed by atoms with van der Waals surface area (Å²) in [6.07, 6.45) is 0. The summed E-state index contributed by atoms with van der Waals surface area (Å²) in [5.41, 5.74) is 0.758. The summed E-state index contributed by atoms with van der Waals surface area (Å²) < 4.78 is 9.74. The number of ether oxygens (including phenoxy) is 2. The molecule has 0 spiro atoms. The van der Waals surface area contributed by atoms with Crippen LogP contribution >= 0.6 is 23.2 Å². The molecule has 120 valence electrons. The molecule has 0 saturated heterocycles. The first-order chi connectivity index (χ1) is 11.0. The smallest absolute Gasteiger partial charge is 0.343 e. The van der Waals surface area contributed by atoms with Gasteiger partial charge in [0.1, 0.15) is 5.75 Å². The zero-order chi connectivity index (χ0) is 16.8. The van der Waals surface area contributed by atoms with Gasteiger partial charge >= 0.3 is 5.97 Å². The average molecular weight is 354 g/mol. The van der Waals surface area contributed by atoms with Crippen LogP contribution in [0.15, 0.2) is 42.5 Å². The Labute approximate surface area is 143 Å². The number of rotatable bonds is 5. The van der Waals surface area contributed by atoms with Gasteiger partial charge in [-0.05, 0) is 30.3 Å². The van der Waals surface area contributed by atoms with Gasteiger partial charge in [-0.15, -0.1) is 0 Å². The molecule has 0 aliphatic carbocycles. The van der Waals surface area contributed by atoms with Crippen LogP contribution in [0.4, 0.5) is 5.69 Å². The quantitative estimate of drug-likeness (QED) is 0.830. The molecule has 1 amide bonds. The van der Waals surface area contributed by atoms with Gasteiger partial charge in [-0.2, -0.15) is 0 Å². The van der Waals surface area contributed by atoms with Crippen LogP contribution in [0.2, 0.25) is 10.0 Å². The Balaban J connectivity index is 2.09. The molecule has 2 rings (SSSR count). The zero-order valence-electron chi connectivity index (χ0n) is 12.1. The number of esters is 1. The Hall–Kier alpha value is -2.24. The maximum Gasteiger partial charge on any atom is 0.343 e. The van der Waals surface area contributed by atoms with E-state index >= 15 is 0 Å². The summed E-state index contributed by atoms with van der Waals surface area (Å²) in [7, 11) is 1.27. The molecule has 0 unspecified atom stereocenters. The van der Waals surface area contributed by atoms with E-state index in [-0.39, 0.29) is 12.2 Å². The highest BCUT2D eigenvalue weighted by molar-refractivity contribution is 6.36. The van der Waals surface area contributed by atoms with Gasteiger partial charge in [0, 0.05) is 16.8 Å². The van der Waals surface area contributed by atoms with Gasteiger partial charge in [0.2, 0.25) is 0 Å². The van der Waals surface area contributed by atoms with Crippen LogP contribution < -0.4 is 10.1 Å². The van der Waals surface area contributed by atoms with Crippen LogP contribution in [0.5, 0.6) is 5.75 Å². The summed E-state index contributed by atoms with van der Waals surface area (Å²) in [4.78, 5) is 23.3. The molecule has 0 aliphatic rings. The highest BCUT2D eigenvalue weighted by atomic mass is 35.5. The van der Waals surface area contributed by atoms with Crippen LogP contribution in [-0.4, -0.2) is 25.6 Å².